The van der Waals surface area contributed by atoms with E-state index in [0.29, 0.717) is 23.7 Å². The fourth-order valence-electron chi connectivity index (χ4n) is 1.60. The van der Waals surface area contributed by atoms with E-state index in [0.717, 1.165) is 6.54 Å². The molecular weight excluding hydrogens is 248 g/mol. The number of unbranched alkanes of at least 4 members (excludes halogenated alkanes) is 2. The number of hydrogen-bond donors (Lipinski definition) is 2. The minimum Gasteiger partial charge on any atom is -0.325 e. The zero-order chi connectivity index (χ0) is 13.2. The van der Waals surface area contributed by atoms with Gasteiger partial charge in [0.05, 0.1) is 10.7 Å². The topological polar surface area (TPSA) is 41.1 Å². The zero-order valence-electron chi connectivity index (χ0n) is 10.8. The Morgan fingerprint density at radius 2 is 2.00 bits per heavy atom. The summed E-state index contributed by atoms with van der Waals surface area (Å²) in [6.45, 7) is 3.87. The fourth-order valence-corrected chi connectivity index (χ4v) is 1.79. The van der Waals surface area contributed by atoms with Crippen LogP contribution in [-0.2, 0) is 4.79 Å². The molecule has 0 aromatic heterocycles. The van der Waals surface area contributed by atoms with E-state index < -0.39 is 0 Å². The van der Waals surface area contributed by atoms with Crippen molar-refractivity contribution in [2.24, 2.45) is 0 Å². The Morgan fingerprint density at radius 3 is 2.72 bits per heavy atom. The maximum atomic E-state index is 11.6. The van der Waals surface area contributed by atoms with Crippen molar-refractivity contribution in [3.05, 3.63) is 29.3 Å². The molecule has 3 nitrogen and oxygen atoms in total. The molecule has 1 rings (SSSR count). The highest BCUT2D eigenvalue weighted by molar-refractivity contribution is 6.33. The van der Waals surface area contributed by atoms with E-state index >= 15 is 0 Å². The number of rotatable bonds is 8. The van der Waals surface area contributed by atoms with Crippen LogP contribution in [0.5, 0.6) is 0 Å². The normalized spacial score (nSPS) is 10.3. The van der Waals surface area contributed by atoms with Crippen molar-refractivity contribution in [3.8, 4) is 0 Å². The monoisotopic (exact) mass is 268 g/mol. The number of benzene rings is 1. The second-order valence-corrected chi connectivity index (χ2v) is 4.64. The number of amides is 1. The minimum atomic E-state index is -0.00825. The van der Waals surface area contributed by atoms with Gasteiger partial charge in [-0.3, -0.25) is 4.79 Å². The van der Waals surface area contributed by atoms with Gasteiger partial charge in [0.25, 0.3) is 0 Å². The van der Waals surface area contributed by atoms with Gasteiger partial charge in [-0.1, -0.05) is 43.5 Å². The third-order valence-electron chi connectivity index (χ3n) is 2.63. The molecule has 0 heterocycles. The number of carbonyl (C=O) groups is 1. The molecule has 100 valence electrons. The molecule has 0 saturated carbocycles. The predicted octanol–water partition coefficient (Wildman–Crippen LogP) is 3.45. The van der Waals surface area contributed by atoms with E-state index in [2.05, 4.69) is 17.6 Å². The molecular formula is C14H21ClN2O. The lowest BCUT2D eigenvalue weighted by molar-refractivity contribution is -0.116. The molecule has 0 unspecified atom stereocenters. The molecule has 1 amide bonds. The van der Waals surface area contributed by atoms with Crippen LogP contribution < -0.4 is 10.6 Å². The second kappa shape index (κ2) is 8.95. The van der Waals surface area contributed by atoms with Crippen molar-refractivity contribution in [1.82, 2.24) is 5.32 Å². The standard InChI is InChI=1S/C14H21ClN2O/c1-2-3-6-10-16-11-9-14(18)17-13-8-5-4-7-12(13)15/h4-5,7-8,16H,2-3,6,9-11H2,1H3,(H,17,18). The first-order chi connectivity index (χ1) is 8.74. The van der Waals surface area contributed by atoms with Crippen LogP contribution in [0.4, 0.5) is 5.69 Å². The first-order valence-electron chi connectivity index (χ1n) is 6.49. The van der Waals surface area contributed by atoms with Crippen molar-refractivity contribution in [2.45, 2.75) is 32.6 Å². The smallest absolute Gasteiger partial charge is 0.225 e. The summed E-state index contributed by atoms with van der Waals surface area (Å²) in [5, 5.41) is 6.63. The fraction of sp³-hybridized carbons (Fsp3) is 0.500. The summed E-state index contributed by atoms with van der Waals surface area (Å²) in [5.74, 6) is -0.00825. The van der Waals surface area contributed by atoms with E-state index in [1.54, 1.807) is 12.1 Å². The Hall–Kier alpha value is -1.06. The van der Waals surface area contributed by atoms with Crippen LogP contribution >= 0.6 is 11.6 Å². The molecule has 0 radical (unpaired) electrons. The number of carbonyl (C=O) groups excluding carboxylic acids is 1. The summed E-state index contributed by atoms with van der Waals surface area (Å²) in [6.07, 6.45) is 4.09. The van der Waals surface area contributed by atoms with Crippen LogP contribution in [0.2, 0.25) is 5.02 Å². The molecule has 0 aliphatic carbocycles. The molecule has 0 bridgehead atoms. The van der Waals surface area contributed by atoms with Crippen LogP contribution in [0, 0.1) is 0 Å². The van der Waals surface area contributed by atoms with Crippen molar-refractivity contribution < 1.29 is 4.79 Å². The minimum absolute atomic E-state index is 0.00825. The average molecular weight is 269 g/mol. The summed E-state index contributed by atoms with van der Waals surface area (Å²) in [4.78, 5) is 11.6. The van der Waals surface area contributed by atoms with E-state index in [1.807, 2.05) is 12.1 Å². The first kappa shape index (κ1) is 15.0. The molecule has 1 aromatic carbocycles. The number of hydrogen-bond acceptors (Lipinski definition) is 2. The van der Waals surface area contributed by atoms with Gasteiger partial charge in [-0.2, -0.15) is 0 Å². The Morgan fingerprint density at radius 1 is 1.22 bits per heavy atom. The molecule has 0 saturated heterocycles. The maximum Gasteiger partial charge on any atom is 0.225 e. The van der Waals surface area contributed by atoms with Crippen LogP contribution in [0.15, 0.2) is 24.3 Å². The Kier molecular flexibility index (Phi) is 7.46. The summed E-state index contributed by atoms with van der Waals surface area (Å²) in [6, 6.07) is 7.26. The lowest BCUT2D eigenvalue weighted by atomic mass is 10.2. The average Bonchev–Trinajstić information content (AvgIpc) is 2.36. The number of halogens is 1. The van der Waals surface area contributed by atoms with E-state index in [9.17, 15) is 4.79 Å². The maximum absolute atomic E-state index is 11.6. The van der Waals surface area contributed by atoms with Gasteiger partial charge in [0, 0.05) is 13.0 Å². The molecule has 0 aliphatic heterocycles. The largest absolute Gasteiger partial charge is 0.325 e. The van der Waals surface area contributed by atoms with Gasteiger partial charge in [-0.15, -0.1) is 0 Å². The predicted molar refractivity (Wildman–Crippen MR) is 77.1 cm³/mol. The highest BCUT2D eigenvalue weighted by Crippen LogP contribution is 2.20. The molecule has 1 aromatic rings. The Bertz CT molecular complexity index is 369. The van der Waals surface area contributed by atoms with Crippen LogP contribution in [0.3, 0.4) is 0 Å². The molecule has 0 aliphatic rings. The van der Waals surface area contributed by atoms with E-state index in [1.165, 1.54) is 19.3 Å². The summed E-state index contributed by atoms with van der Waals surface area (Å²) in [7, 11) is 0. The van der Waals surface area contributed by atoms with E-state index in [4.69, 9.17) is 11.6 Å². The van der Waals surface area contributed by atoms with Gasteiger partial charge < -0.3 is 10.6 Å². The van der Waals surface area contributed by atoms with Crippen molar-refractivity contribution in [2.75, 3.05) is 18.4 Å². The van der Waals surface area contributed by atoms with E-state index in [-0.39, 0.29) is 5.91 Å². The van der Waals surface area contributed by atoms with Gasteiger partial charge >= 0.3 is 0 Å². The Labute approximate surface area is 114 Å². The number of para-hydroxylation sites is 1. The second-order valence-electron chi connectivity index (χ2n) is 4.24. The number of nitrogens with one attached hydrogen (secondary N) is 2. The first-order valence-corrected chi connectivity index (χ1v) is 6.87. The Balaban J connectivity index is 2.16. The van der Waals surface area contributed by atoms with Gasteiger partial charge in [0.15, 0.2) is 0 Å². The third-order valence-corrected chi connectivity index (χ3v) is 2.96. The molecule has 4 heteroatoms. The highest BCUT2D eigenvalue weighted by atomic mass is 35.5. The van der Waals surface area contributed by atoms with Gasteiger partial charge in [-0.25, -0.2) is 0 Å². The lowest BCUT2D eigenvalue weighted by Crippen LogP contribution is -2.22. The van der Waals surface area contributed by atoms with Gasteiger partial charge in [-0.05, 0) is 25.1 Å². The summed E-state index contributed by atoms with van der Waals surface area (Å²) >= 11 is 5.96. The molecule has 0 fully saturated rings. The zero-order valence-corrected chi connectivity index (χ0v) is 11.6. The molecule has 2 N–H and O–H groups in total. The van der Waals surface area contributed by atoms with Crippen molar-refractivity contribution >= 4 is 23.2 Å². The molecule has 0 spiro atoms. The summed E-state index contributed by atoms with van der Waals surface area (Å²) < 4.78 is 0. The quantitative estimate of drug-likeness (QED) is 0.709. The SMILES string of the molecule is CCCCCNCCC(=O)Nc1ccccc1Cl. The van der Waals surface area contributed by atoms with Gasteiger partial charge in [0.1, 0.15) is 0 Å². The van der Waals surface area contributed by atoms with Crippen LogP contribution in [-0.4, -0.2) is 19.0 Å². The molecule has 0 atom stereocenters. The number of anilines is 1. The molecule has 18 heavy (non-hydrogen) atoms. The highest BCUT2D eigenvalue weighted by Gasteiger charge is 2.04. The third kappa shape index (κ3) is 6.03. The van der Waals surface area contributed by atoms with Crippen LogP contribution in [0.1, 0.15) is 32.6 Å². The lowest BCUT2D eigenvalue weighted by Gasteiger charge is -2.07. The van der Waals surface area contributed by atoms with Gasteiger partial charge in [0.2, 0.25) is 5.91 Å². The summed E-state index contributed by atoms with van der Waals surface area (Å²) in [5.41, 5.74) is 0.676. The van der Waals surface area contributed by atoms with Crippen molar-refractivity contribution in [1.29, 1.82) is 0 Å². The van der Waals surface area contributed by atoms with Crippen LogP contribution in [0.25, 0.3) is 0 Å². The van der Waals surface area contributed by atoms with Crippen molar-refractivity contribution in [3.63, 3.8) is 0 Å².